The van der Waals surface area contributed by atoms with Crippen LogP contribution in [0.25, 0.3) is 0 Å². The number of likely N-dealkylation sites (tertiary alicyclic amines) is 2. The second-order valence-electron chi connectivity index (χ2n) is 13.8. The molecule has 0 saturated carbocycles. The first-order valence-electron chi connectivity index (χ1n) is 17.1. The molecule has 244 valence electrons. The van der Waals surface area contributed by atoms with E-state index in [2.05, 4.69) is 66.6 Å². The van der Waals surface area contributed by atoms with Crippen molar-refractivity contribution in [1.82, 2.24) is 25.3 Å². The van der Waals surface area contributed by atoms with Crippen molar-refractivity contribution >= 4 is 17.7 Å². The van der Waals surface area contributed by atoms with Gasteiger partial charge in [0.25, 0.3) is 0 Å². The molecule has 2 aromatic carbocycles. The van der Waals surface area contributed by atoms with Gasteiger partial charge in [-0.25, -0.2) is 0 Å². The van der Waals surface area contributed by atoms with Crippen LogP contribution >= 0.6 is 0 Å². The van der Waals surface area contributed by atoms with E-state index in [-0.39, 0.29) is 23.8 Å². The first-order chi connectivity index (χ1) is 21.7. The standard InChI is InChI=1S/C37H53N5O3/c1-26(2)25-42(31-14-19-40(20-15-31)28(4)43)32-16-21-41(22-17-32)37(45)35(23-30-11-6-5-9-27(30)3)39-36(44)24-34-33-12-8-7-10-29(33)13-18-38-34/h5-12,26,31-32,34-35,38H,13-25H2,1-4H3,(H,39,44)/t34?,35-/m1/s1. The largest absolute Gasteiger partial charge is 0.344 e. The van der Waals surface area contributed by atoms with E-state index < -0.39 is 6.04 Å². The molecular weight excluding hydrogens is 562 g/mol. The number of nitrogens with zero attached hydrogens (tertiary/aromatic N) is 3. The summed E-state index contributed by atoms with van der Waals surface area (Å²) in [6.07, 6.45) is 5.64. The van der Waals surface area contributed by atoms with Gasteiger partial charge in [-0.2, -0.15) is 0 Å². The van der Waals surface area contributed by atoms with Gasteiger partial charge in [0.1, 0.15) is 6.04 Å². The highest BCUT2D eigenvalue weighted by Gasteiger charge is 2.35. The minimum absolute atomic E-state index is 0.0206. The Kier molecular flexibility index (Phi) is 11.3. The van der Waals surface area contributed by atoms with Gasteiger partial charge in [-0.3, -0.25) is 19.3 Å². The lowest BCUT2D eigenvalue weighted by Gasteiger charge is -2.46. The quantitative estimate of drug-likeness (QED) is 0.418. The monoisotopic (exact) mass is 615 g/mol. The fourth-order valence-electron chi connectivity index (χ4n) is 7.64. The summed E-state index contributed by atoms with van der Waals surface area (Å²) in [6, 6.07) is 16.7. The van der Waals surface area contributed by atoms with Gasteiger partial charge in [-0.15, -0.1) is 0 Å². The lowest BCUT2D eigenvalue weighted by atomic mass is 9.92. The number of carbonyl (C=O) groups is 3. The first kappa shape index (κ1) is 33.1. The van der Waals surface area contributed by atoms with Gasteiger partial charge in [0.05, 0.1) is 0 Å². The maximum atomic E-state index is 14.1. The number of hydrogen-bond donors (Lipinski definition) is 2. The predicted octanol–water partition coefficient (Wildman–Crippen LogP) is 4.26. The van der Waals surface area contributed by atoms with Crippen LogP contribution in [0.3, 0.4) is 0 Å². The van der Waals surface area contributed by atoms with Crippen LogP contribution < -0.4 is 10.6 Å². The molecule has 8 nitrogen and oxygen atoms in total. The number of hydrogen-bond acceptors (Lipinski definition) is 5. The van der Waals surface area contributed by atoms with Gasteiger partial charge in [0.2, 0.25) is 17.7 Å². The summed E-state index contributed by atoms with van der Waals surface area (Å²) in [7, 11) is 0. The van der Waals surface area contributed by atoms with Crippen molar-refractivity contribution in [3.63, 3.8) is 0 Å². The van der Waals surface area contributed by atoms with E-state index in [1.807, 2.05) is 28.0 Å². The SMILES string of the molecule is CC(=O)N1CCC(N(CC(C)C)C2CCN(C(=O)[C@@H](Cc3ccccc3C)NC(=O)CC3NCCc4ccccc43)CC2)CC1. The number of aryl methyl sites for hydroxylation is 1. The molecule has 0 spiro atoms. The Morgan fingerprint density at radius 3 is 2.18 bits per heavy atom. The molecule has 3 aliphatic rings. The first-order valence-corrected chi connectivity index (χ1v) is 17.1. The molecule has 0 aliphatic carbocycles. The molecule has 1 unspecified atom stereocenters. The minimum Gasteiger partial charge on any atom is -0.344 e. The third-order valence-corrected chi connectivity index (χ3v) is 10.1. The highest BCUT2D eigenvalue weighted by molar-refractivity contribution is 5.88. The van der Waals surface area contributed by atoms with Crippen molar-refractivity contribution in [1.29, 1.82) is 0 Å². The van der Waals surface area contributed by atoms with Gasteiger partial charge in [-0.1, -0.05) is 62.4 Å². The zero-order chi connectivity index (χ0) is 31.9. The third-order valence-electron chi connectivity index (χ3n) is 10.1. The van der Waals surface area contributed by atoms with E-state index in [1.165, 1.54) is 11.1 Å². The summed E-state index contributed by atoms with van der Waals surface area (Å²) in [5, 5.41) is 6.69. The highest BCUT2D eigenvalue weighted by Crippen LogP contribution is 2.28. The summed E-state index contributed by atoms with van der Waals surface area (Å²) in [5.74, 6) is 0.649. The number of nitrogens with one attached hydrogen (secondary N) is 2. The number of fused-ring (bicyclic) bond motifs is 1. The Bertz CT molecular complexity index is 1310. The molecule has 8 heteroatoms. The Labute approximate surface area is 269 Å². The van der Waals surface area contributed by atoms with Crippen LogP contribution in [0.15, 0.2) is 48.5 Å². The summed E-state index contributed by atoms with van der Waals surface area (Å²) in [4.78, 5) is 46.2. The van der Waals surface area contributed by atoms with Crippen molar-refractivity contribution in [3.8, 4) is 0 Å². The fourth-order valence-corrected chi connectivity index (χ4v) is 7.64. The molecule has 0 radical (unpaired) electrons. The lowest BCUT2D eigenvalue weighted by molar-refractivity contribution is -0.138. The molecule has 3 aliphatic heterocycles. The zero-order valence-electron chi connectivity index (χ0n) is 27.8. The Morgan fingerprint density at radius 2 is 1.53 bits per heavy atom. The maximum Gasteiger partial charge on any atom is 0.245 e. The smallest absolute Gasteiger partial charge is 0.245 e. The van der Waals surface area contributed by atoms with Crippen LogP contribution in [0, 0.1) is 12.8 Å². The van der Waals surface area contributed by atoms with Crippen LogP contribution in [0.5, 0.6) is 0 Å². The van der Waals surface area contributed by atoms with E-state index in [0.717, 1.165) is 69.4 Å². The van der Waals surface area contributed by atoms with Gasteiger partial charge in [0, 0.05) is 70.6 Å². The Morgan fingerprint density at radius 1 is 0.911 bits per heavy atom. The summed E-state index contributed by atoms with van der Waals surface area (Å²) in [5.41, 5.74) is 4.69. The number of piperidine rings is 2. The van der Waals surface area contributed by atoms with Gasteiger partial charge in [0.15, 0.2) is 0 Å². The second kappa shape index (κ2) is 15.4. The van der Waals surface area contributed by atoms with Crippen LogP contribution in [-0.2, 0) is 27.2 Å². The van der Waals surface area contributed by atoms with Gasteiger partial charge < -0.3 is 20.4 Å². The summed E-state index contributed by atoms with van der Waals surface area (Å²) >= 11 is 0. The van der Waals surface area contributed by atoms with Crippen molar-refractivity contribution in [3.05, 3.63) is 70.8 Å². The fraction of sp³-hybridized carbons (Fsp3) is 0.595. The van der Waals surface area contributed by atoms with E-state index >= 15 is 0 Å². The molecule has 2 aromatic rings. The van der Waals surface area contributed by atoms with Crippen LogP contribution in [0.1, 0.15) is 81.2 Å². The van der Waals surface area contributed by atoms with Crippen molar-refractivity contribution < 1.29 is 14.4 Å². The average Bonchev–Trinajstić information content (AvgIpc) is 3.04. The number of carbonyl (C=O) groups excluding carboxylic acids is 3. The molecule has 3 heterocycles. The third kappa shape index (κ3) is 8.53. The van der Waals surface area contributed by atoms with E-state index in [4.69, 9.17) is 0 Å². The van der Waals surface area contributed by atoms with E-state index in [1.54, 1.807) is 6.92 Å². The molecule has 2 saturated heterocycles. The summed E-state index contributed by atoms with van der Waals surface area (Å²) in [6.45, 7) is 13.2. The van der Waals surface area contributed by atoms with Crippen molar-refractivity contribution in [2.24, 2.45) is 5.92 Å². The number of benzene rings is 2. The maximum absolute atomic E-state index is 14.1. The molecular formula is C37H53N5O3. The number of rotatable bonds is 10. The van der Waals surface area contributed by atoms with Gasteiger partial charge in [-0.05, 0) is 73.7 Å². The average molecular weight is 616 g/mol. The molecule has 0 aromatic heterocycles. The highest BCUT2D eigenvalue weighted by atomic mass is 16.2. The topological polar surface area (TPSA) is 85.0 Å². The van der Waals surface area contributed by atoms with Crippen molar-refractivity contribution in [2.45, 2.75) is 96.8 Å². The Hall–Kier alpha value is -3.23. The zero-order valence-corrected chi connectivity index (χ0v) is 27.8. The van der Waals surface area contributed by atoms with Gasteiger partial charge >= 0.3 is 0 Å². The second-order valence-corrected chi connectivity index (χ2v) is 13.8. The molecule has 2 fully saturated rings. The van der Waals surface area contributed by atoms with Crippen LogP contribution in [-0.4, -0.2) is 89.8 Å². The molecule has 2 atom stereocenters. The predicted molar refractivity (Wildman–Crippen MR) is 179 cm³/mol. The van der Waals surface area contributed by atoms with E-state index in [9.17, 15) is 14.4 Å². The minimum atomic E-state index is -0.600. The van der Waals surface area contributed by atoms with E-state index in [0.29, 0.717) is 43.9 Å². The van der Waals surface area contributed by atoms with Crippen molar-refractivity contribution in [2.75, 3.05) is 39.3 Å². The van der Waals surface area contributed by atoms with Crippen LogP contribution in [0.4, 0.5) is 0 Å². The molecule has 3 amide bonds. The Balaban J connectivity index is 1.24. The molecule has 45 heavy (non-hydrogen) atoms. The lowest BCUT2D eigenvalue weighted by Crippen LogP contribution is -2.56. The number of amides is 3. The normalized spacial score (nSPS) is 20.3. The van der Waals surface area contributed by atoms with Crippen LogP contribution in [0.2, 0.25) is 0 Å². The summed E-state index contributed by atoms with van der Waals surface area (Å²) < 4.78 is 0. The molecule has 0 bridgehead atoms. The molecule has 2 N–H and O–H groups in total. The molecule has 5 rings (SSSR count).